The number of aromatic nitrogens is 2. The van der Waals surface area contributed by atoms with Gasteiger partial charge in [0.05, 0.1) is 16.7 Å². The molecule has 0 radical (unpaired) electrons. The van der Waals surface area contributed by atoms with E-state index in [2.05, 4.69) is 28.5 Å². The van der Waals surface area contributed by atoms with Crippen LogP contribution in [-0.2, 0) is 0 Å². The number of aliphatic hydroxyl groups is 1. The van der Waals surface area contributed by atoms with Gasteiger partial charge in [0, 0.05) is 33.7 Å². The van der Waals surface area contributed by atoms with Gasteiger partial charge in [-0.3, -0.25) is 9.78 Å². The van der Waals surface area contributed by atoms with Crippen LogP contribution in [0.1, 0.15) is 22.1 Å². The molecule has 2 N–H and O–H groups in total. The quantitative estimate of drug-likeness (QED) is 0.413. The van der Waals surface area contributed by atoms with Gasteiger partial charge >= 0.3 is 0 Å². The first-order valence-corrected chi connectivity index (χ1v) is 10.1. The van der Waals surface area contributed by atoms with Crippen LogP contribution in [0.5, 0.6) is 0 Å². The van der Waals surface area contributed by atoms with Crippen LogP contribution in [0, 0.1) is 0 Å². The van der Waals surface area contributed by atoms with E-state index in [1.807, 2.05) is 54.6 Å². The highest BCUT2D eigenvalue weighted by Gasteiger charge is 2.26. The van der Waals surface area contributed by atoms with Crippen LogP contribution >= 0.6 is 0 Å². The summed E-state index contributed by atoms with van der Waals surface area (Å²) >= 11 is 0. The van der Waals surface area contributed by atoms with E-state index >= 15 is 0 Å². The highest BCUT2D eigenvalue weighted by molar-refractivity contribution is 6.03. The summed E-state index contributed by atoms with van der Waals surface area (Å²) in [5.74, 6) is -0.248. The van der Waals surface area contributed by atoms with Crippen molar-refractivity contribution in [3.63, 3.8) is 0 Å². The Morgan fingerprint density at radius 2 is 1.48 bits per heavy atom. The van der Waals surface area contributed by atoms with Crippen LogP contribution in [-0.4, -0.2) is 21.0 Å². The Morgan fingerprint density at radius 1 is 0.774 bits per heavy atom. The largest absolute Gasteiger partial charge is 0.369 e. The number of carbonyl (C=O) groups is 1. The topological polar surface area (TPSA) is 75.1 Å². The van der Waals surface area contributed by atoms with Crippen LogP contribution in [0.15, 0.2) is 85.1 Å². The number of fused-ring (bicyclic) bond motifs is 4. The minimum atomic E-state index is -0.927. The molecule has 31 heavy (non-hydrogen) atoms. The second-order valence-electron chi connectivity index (χ2n) is 7.66. The van der Waals surface area contributed by atoms with Gasteiger partial charge in [-0.25, -0.2) is 4.98 Å². The van der Waals surface area contributed by atoms with Gasteiger partial charge in [0.25, 0.3) is 5.91 Å². The molecular weight excluding hydrogens is 386 g/mol. The van der Waals surface area contributed by atoms with E-state index in [9.17, 15) is 9.90 Å². The number of nitrogens with zero attached hydrogens (tertiary/aromatic N) is 2. The SMILES string of the molecule is O=C1NC(O)c2ccc(-c3ccc(-c4ccc5ccc6cccnc6c5n4)cc3)cc21. The molecule has 5 aromatic rings. The van der Waals surface area contributed by atoms with Crippen molar-refractivity contribution < 1.29 is 9.90 Å². The molecule has 0 fully saturated rings. The summed E-state index contributed by atoms with van der Waals surface area (Å²) < 4.78 is 0. The van der Waals surface area contributed by atoms with Crippen molar-refractivity contribution in [3.8, 4) is 22.4 Å². The second kappa shape index (κ2) is 6.72. The summed E-state index contributed by atoms with van der Waals surface area (Å²) in [6, 6.07) is 25.8. The number of aliphatic hydroxyl groups excluding tert-OH is 1. The molecule has 6 rings (SSSR count). The minimum absolute atomic E-state index is 0.248. The molecule has 1 aliphatic rings. The van der Waals surface area contributed by atoms with Crippen molar-refractivity contribution in [2.75, 3.05) is 0 Å². The van der Waals surface area contributed by atoms with Crippen LogP contribution < -0.4 is 5.32 Å². The molecule has 0 aliphatic carbocycles. The van der Waals surface area contributed by atoms with Crippen molar-refractivity contribution in [1.29, 1.82) is 0 Å². The summed E-state index contributed by atoms with van der Waals surface area (Å²) in [6.45, 7) is 0. The zero-order chi connectivity index (χ0) is 20.9. The van der Waals surface area contributed by atoms with Crippen LogP contribution in [0.25, 0.3) is 44.2 Å². The third-order valence-electron chi connectivity index (χ3n) is 5.81. The Bertz CT molecular complexity index is 1490. The molecule has 5 nitrogen and oxygen atoms in total. The van der Waals surface area contributed by atoms with E-state index in [1.54, 1.807) is 12.3 Å². The first-order valence-electron chi connectivity index (χ1n) is 10.1. The van der Waals surface area contributed by atoms with Crippen molar-refractivity contribution in [1.82, 2.24) is 15.3 Å². The van der Waals surface area contributed by atoms with Gasteiger partial charge in [-0.1, -0.05) is 60.7 Å². The van der Waals surface area contributed by atoms with Crippen molar-refractivity contribution >= 4 is 27.7 Å². The molecule has 148 valence electrons. The molecule has 1 amide bonds. The normalized spacial score (nSPS) is 15.3. The fraction of sp³-hybridized carbons (Fsp3) is 0.0385. The van der Waals surface area contributed by atoms with E-state index in [-0.39, 0.29) is 5.91 Å². The number of hydrogen-bond donors (Lipinski definition) is 2. The lowest BCUT2D eigenvalue weighted by atomic mass is 9.98. The zero-order valence-corrected chi connectivity index (χ0v) is 16.4. The number of benzene rings is 3. The molecule has 0 saturated heterocycles. The third kappa shape index (κ3) is 2.86. The minimum Gasteiger partial charge on any atom is -0.369 e. The number of amides is 1. The highest BCUT2D eigenvalue weighted by atomic mass is 16.3. The van der Waals surface area contributed by atoms with E-state index in [1.165, 1.54) is 0 Å². The van der Waals surface area contributed by atoms with Crippen molar-refractivity contribution in [2.45, 2.75) is 6.23 Å². The van der Waals surface area contributed by atoms with Crippen LogP contribution in [0.4, 0.5) is 0 Å². The summed E-state index contributed by atoms with van der Waals surface area (Å²) in [4.78, 5) is 21.4. The van der Waals surface area contributed by atoms with Crippen LogP contribution in [0.3, 0.4) is 0 Å². The lowest BCUT2D eigenvalue weighted by Gasteiger charge is -2.08. The Morgan fingerprint density at radius 3 is 2.32 bits per heavy atom. The maximum Gasteiger partial charge on any atom is 0.253 e. The molecule has 3 heterocycles. The lowest BCUT2D eigenvalue weighted by molar-refractivity contribution is 0.0850. The summed E-state index contributed by atoms with van der Waals surface area (Å²) in [5, 5.41) is 14.5. The van der Waals surface area contributed by atoms with Gasteiger partial charge in [0.15, 0.2) is 6.23 Å². The Hall–Kier alpha value is -4.09. The molecular formula is C26H17N3O2. The zero-order valence-electron chi connectivity index (χ0n) is 16.4. The predicted molar refractivity (Wildman–Crippen MR) is 120 cm³/mol. The molecule has 0 spiro atoms. The third-order valence-corrected chi connectivity index (χ3v) is 5.81. The molecule has 1 unspecified atom stereocenters. The fourth-order valence-corrected chi connectivity index (χ4v) is 4.17. The van der Waals surface area contributed by atoms with Gasteiger partial charge in [-0.05, 0) is 29.3 Å². The Kier molecular flexibility index (Phi) is 3.85. The van der Waals surface area contributed by atoms with Crippen molar-refractivity contribution in [3.05, 3.63) is 96.2 Å². The number of pyridine rings is 2. The van der Waals surface area contributed by atoms with E-state index in [0.29, 0.717) is 11.1 Å². The first-order chi connectivity index (χ1) is 15.2. The number of carbonyl (C=O) groups excluding carboxylic acids is 1. The maximum absolute atomic E-state index is 12.0. The first kappa shape index (κ1) is 17.7. The second-order valence-corrected chi connectivity index (χ2v) is 7.66. The van der Waals surface area contributed by atoms with Gasteiger partial charge < -0.3 is 10.4 Å². The number of rotatable bonds is 2. The molecule has 3 aromatic carbocycles. The van der Waals surface area contributed by atoms with Gasteiger partial charge in [-0.2, -0.15) is 0 Å². The summed E-state index contributed by atoms with van der Waals surface area (Å²) in [5.41, 5.74) is 6.74. The van der Waals surface area contributed by atoms with Crippen molar-refractivity contribution in [2.24, 2.45) is 0 Å². The Labute approximate surface area is 178 Å². The van der Waals surface area contributed by atoms with Gasteiger partial charge in [0.1, 0.15) is 0 Å². The standard InChI is InChI=1S/C26H17N3O2/c30-25-20-11-9-19(14-21(20)26(31)29-25)15-3-5-16(6-4-15)22-12-10-18-8-7-17-2-1-13-27-23(17)24(18)28-22/h1-14,25,30H,(H,29,31). The summed E-state index contributed by atoms with van der Waals surface area (Å²) in [7, 11) is 0. The average Bonchev–Trinajstić information content (AvgIpc) is 3.11. The molecule has 0 bridgehead atoms. The fourth-order valence-electron chi connectivity index (χ4n) is 4.17. The number of hydrogen-bond acceptors (Lipinski definition) is 4. The molecule has 1 aliphatic heterocycles. The monoisotopic (exact) mass is 403 g/mol. The molecule has 1 atom stereocenters. The van der Waals surface area contributed by atoms with Gasteiger partial charge in [0.2, 0.25) is 0 Å². The lowest BCUT2D eigenvalue weighted by Crippen LogP contribution is -2.17. The Balaban J connectivity index is 1.39. The molecule has 2 aromatic heterocycles. The molecule has 0 saturated carbocycles. The van der Waals surface area contributed by atoms with E-state index < -0.39 is 6.23 Å². The van der Waals surface area contributed by atoms with E-state index in [0.717, 1.165) is 44.2 Å². The summed E-state index contributed by atoms with van der Waals surface area (Å²) in [6.07, 6.45) is 0.865. The van der Waals surface area contributed by atoms with E-state index in [4.69, 9.17) is 4.98 Å². The van der Waals surface area contributed by atoms with Crippen LogP contribution in [0.2, 0.25) is 0 Å². The smallest absolute Gasteiger partial charge is 0.253 e. The average molecular weight is 403 g/mol. The number of nitrogens with one attached hydrogen (secondary N) is 1. The predicted octanol–water partition coefficient (Wildman–Crippen LogP) is 4.85. The van der Waals surface area contributed by atoms with Gasteiger partial charge in [-0.15, -0.1) is 0 Å². The highest BCUT2D eigenvalue weighted by Crippen LogP contribution is 2.31. The molecule has 5 heteroatoms. The maximum atomic E-state index is 12.0.